The van der Waals surface area contributed by atoms with Gasteiger partial charge in [0.05, 0.1) is 12.5 Å². The summed E-state index contributed by atoms with van der Waals surface area (Å²) in [6.07, 6.45) is 4.38. The average Bonchev–Trinajstić information content (AvgIpc) is 3.08. The summed E-state index contributed by atoms with van der Waals surface area (Å²) in [5.41, 5.74) is 1.95. The van der Waals surface area contributed by atoms with Crippen LogP contribution in [-0.4, -0.2) is 10.5 Å². The van der Waals surface area contributed by atoms with Crippen molar-refractivity contribution in [2.75, 3.05) is 5.32 Å². The SMILES string of the molecule is O=C(CC(c1ccccc1)n1cccc1)Nc1ccccc1. The van der Waals surface area contributed by atoms with E-state index in [1.807, 2.05) is 73.1 Å². The molecular formula is C19H18N2O. The summed E-state index contributed by atoms with van der Waals surface area (Å²) < 4.78 is 2.07. The number of rotatable bonds is 5. The van der Waals surface area contributed by atoms with Gasteiger partial charge in [-0.3, -0.25) is 4.79 Å². The van der Waals surface area contributed by atoms with Gasteiger partial charge in [-0.1, -0.05) is 48.5 Å². The molecule has 0 bridgehead atoms. The first-order valence-corrected chi connectivity index (χ1v) is 7.35. The van der Waals surface area contributed by atoms with Crippen molar-refractivity contribution in [2.45, 2.75) is 12.5 Å². The molecule has 3 rings (SSSR count). The third kappa shape index (κ3) is 3.44. The first-order valence-electron chi connectivity index (χ1n) is 7.35. The number of carbonyl (C=O) groups is 1. The Labute approximate surface area is 130 Å². The lowest BCUT2D eigenvalue weighted by molar-refractivity contribution is -0.116. The Kier molecular flexibility index (Phi) is 4.35. The minimum Gasteiger partial charge on any atom is -0.346 e. The molecule has 0 radical (unpaired) electrons. The van der Waals surface area contributed by atoms with Crippen LogP contribution in [0.1, 0.15) is 18.0 Å². The average molecular weight is 290 g/mol. The maximum Gasteiger partial charge on any atom is 0.226 e. The first-order chi connectivity index (χ1) is 10.8. The van der Waals surface area contributed by atoms with Crippen molar-refractivity contribution in [3.05, 3.63) is 90.8 Å². The number of amides is 1. The summed E-state index contributed by atoms with van der Waals surface area (Å²) in [6, 6.07) is 23.6. The number of hydrogen-bond donors (Lipinski definition) is 1. The molecule has 1 heterocycles. The predicted octanol–water partition coefficient (Wildman–Crippen LogP) is 4.11. The van der Waals surface area contributed by atoms with Gasteiger partial charge in [-0.2, -0.15) is 0 Å². The summed E-state index contributed by atoms with van der Waals surface area (Å²) in [5, 5.41) is 2.95. The third-order valence-corrected chi connectivity index (χ3v) is 3.61. The lowest BCUT2D eigenvalue weighted by atomic mass is 10.0. The van der Waals surface area contributed by atoms with Crippen LogP contribution in [0.3, 0.4) is 0 Å². The zero-order chi connectivity index (χ0) is 15.2. The zero-order valence-corrected chi connectivity index (χ0v) is 12.2. The molecular weight excluding hydrogens is 272 g/mol. The van der Waals surface area contributed by atoms with Crippen LogP contribution in [0.15, 0.2) is 85.2 Å². The van der Waals surface area contributed by atoms with Crippen molar-refractivity contribution in [3.63, 3.8) is 0 Å². The van der Waals surface area contributed by atoms with Gasteiger partial charge in [0, 0.05) is 18.1 Å². The lowest BCUT2D eigenvalue weighted by Crippen LogP contribution is -2.19. The van der Waals surface area contributed by atoms with Gasteiger partial charge < -0.3 is 9.88 Å². The van der Waals surface area contributed by atoms with E-state index in [0.29, 0.717) is 6.42 Å². The van der Waals surface area contributed by atoms with Gasteiger partial charge in [-0.25, -0.2) is 0 Å². The van der Waals surface area contributed by atoms with Gasteiger partial charge in [0.2, 0.25) is 5.91 Å². The highest BCUT2D eigenvalue weighted by molar-refractivity contribution is 5.91. The molecule has 1 aromatic heterocycles. The monoisotopic (exact) mass is 290 g/mol. The van der Waals surface area contributed by atoms with Gasteiger partial charge in [-0.05, 0) is 29.8 Å². The van der Waals surface area contributed by atoms with Gasteiger partial charge in [0.15, 0.2) is 0 Å². The van der Waals surface area contributed by atoms with Gasteiger partial charge in [0.1, 0.15) is 0 Å². The van der Waals surface area contributed by atoms with Crippen LogP contribution in [0, 0.1) is 0 Å². The van der Waals surface area contributed by atoms with Crippen molar-refractivity contribution in [1.82, 2.24) is 4.57 Å². The second-order valence-corrected chi connectivity index (χ2v) is 5.18. The quantitative estimate of drug-likeness (QED) is 0.754. The van der Waals surface area contributed by atoms with Crippen LogP contribution in [0.25, 0.3) is 0 Å². The normalized spacial score (nSPS) is 11.8. The molecule has 0 aliphatic carbocycles. The molecule has 3 nitrogen and oxygen atoms in total. The summed E-state index contributed by atoms with van der Waals surface area (Å²) in [6.45, 7) is 0. The van der Waals surface area contributed by atoms with E-state index in [4.69, 9.17) is 0 Å². The van der Waals surface area contributed by atoms with E-state index in [1.54, 1.807) is 0 Å². The highest BCUT2D eigenvalue weighted by atomic mass is 16.1. The molecule has 1 amide bonds. The maximum absolute atomic E-state index is 12.4. The van der Waals surface area contributed by atoms with Crippen molar-refractivity contribution in [2.24, 2.45) is 0 Å². The number of nitrogens with zero attached hydrogens (tertiary/aromatic N) is 1. The van der Waals surface area contributed by atoms with E-state index in [0.717, 1.165) is 11.3 Å². The fraction of sp³-hybridized carbons (Fsp3) is 0.105. The second-order valence-electron chi connectivity index (χ2n) is 5.18. The molecule has 0 spiro atoms. The summed E-state index contributed by atoms with van der Waals surface area (Å²) in [4.78, 5) is 12.4. The van der Waals surface area contributed by atoms with Crippen molar-refractivity contribution in [3.8, 4) is 0 Å². The Morgan fingerprint density at radius 3 is 2.09 bits per heavy atom. The molecule has 1 atom stereocenters. The summed E-state index contributed by atoms with van der Waals surface area (Å²) in [7, 11) is 0. The molecule has 0 aliphatic rings. The largest absolute Gasteiger partial charge is 0.346 e. The zero-order valence-electron chi connectivity index (χ0n) is 12.2. The van der Waals surface area contributed by atoms with Crippen LogP contribution in [0.5, 0.6) is 0 Å². The number of nitrogens with one attached hydrogen (secondary N) is 1. The van der Waals surface area contributed by atoms with E-state index in [-0.39, 0.29) is 11.9 Å². The Morgan fingerprint density at radius 1 is 0.864 bits per heavy atom. The van der Waals surface area contributed by atoms with E-state index in [9.17, 15) is 4.79 Å². The van der Waals surface area contributed by atoms with E-state index in [2.05, 4.69) is 22.0 Å². The summed E-state index contributed by atoms with van der Waals surface area (Å²) >= 11 is 0. The fourth-order valence-corrected chi connectivity index (χ4v) is 2.54. The fourth-order valence-electron chi connectivity index (χ4n) is 2.54. The predicted molar refractivity (Wildman–Crippen MR) is 88.7 cm³/mol. The van der Waals surface area contributed by atoms with Crippen LogP contribution in [0.4, 0.5) is 5.69 Å². The maximum atomic E-state index is 12.4. The van der Waals surface area contributed by atoms with Gasteiger partial charge in [-0.15, -0.1) is 0 Å². The molecule has 3 heteroatoms. The van der Waals surface area contributed by atoms with Crippen molar-refractivity contribution < 1.29 is 4.79 Å². The number of carbonyl (C=O) groups excluding carboxylic acids is 1. The highest BCUT2D eigenvalue weighted by Crippen LogP contribution is 2.22. The van der Waals surface area contributed by atoms with E-state index < -0.39 is 0 Å². The van der Waals surface area contributed by atoms with E-state index >= 15 is 0 Å². The minimum atomic E-state index is -0.0000813. The first kappa shape index (κ1) is 14.1. The minimum absolute atomic E-state index is 0.0000813. The number of benzene rings is 2. The molecule has 1 N–H and O–H groups in total. The second kappa shape index (κ2) is 6.76. The molecule has 0 saturated carbocycles. The van der Waals surface area contributed by atoms with Crippen LogP contribution < -0.4 is 5.32 Å². The van der Waals surface area contributed by atoms with Crippen molar-refractivity contribution >= 4 is 11.6 Å². The van der Waals surface area contributed by atoms with Gasteiger partial charge >= 0.3 is 0 Å². The highest BCUT2D eigenvalue weighted by Gasteiger charge is 2.17. The Hall–Kier alpha value is -2.81. The molecule has 0 saturated heterocycles. The molecule has 1 unspecified atom stereocenters. The van der Waals surface area contributed by atoms with Crippen LogP contribution in [-0.2, 0) is 4.79 Å². The van der Waals surface area contributed by atoms with Gasteiger partial charge in [0.25, 0.3) is 0 Å². The molecule has 0 fully saturated rings. The topological polar surface area (TPSA) is 34.0 Å². The smallest absolute Gasteiger partial charge is 0.226 e. The number of anilines is 1. The molecule has 2 aromatic carbocycles. The van der Waals surface area contributed by atoms with Crippen LogP contribution in [0.2, 0.25) is 0 Å². The molecule has 3 aromatic rings. The Balaban J connectivity index is 1.77. The molecule has 110 valence electrons. The van der Waals surface area contributed by atoms with E-state index in [1.165, 1.54) is 0 Å². The number of hydrogen-bond acceptors (Lipinski definition) is 1. The lowest BCUT2D eigenvalue weighted by Gasteiger charge is -2.19. The van der Waals surface area contributed by atoms with Crippen molar-refractivity contribution in [1.29, 1.82) is 0 Å². The molecule has 0 aliphatic heterocycles. The molecule has 22 heavy (non-hydrogen) atoms. The number of aromatic nitrogens is 1. The third-order valence-electron chi connectivity index (χ3n) is 3.61. The Bertz CT molecular complexity index is 706. The number of para-hydroxylation sites is 1. The standard InChI is InChI=1S/C19H18N2O/c22-19(20-17-11-5-2-6-12-17)15-18(21-13-7-8-14-21)16-9-3-1-4-10-16/h1-14,18H,15H2,(H,20,22). The Morgan fingerprint density at radius 2 is 1.45 bits per heavy atom. The summed E-state index contributed by atoms with van der Waals surface area (Å²) in [5.74, 6) is 0.00810. The van der Waals surface area contributed by atoms with Crippen LogP contribution >= 0.6 is 0 Å².